The number of non-ortho nitro benzene ring substituents is 1. The first-order valence-electron chi connectivity index (χ1n) is 12.3. The predicted molar refractivity (Wildman–Crippen MR) is 138 cm³/mol. The van der Waals surface area contributed by atoms with E-state index in [9.17, 15) is 19.7 Å². The summed E-state index contributed by atoms with van der Waals surface area (Å²) in [6.45, 7) is 2.19. The maximum atomic E-state index is 13.1. The molecule has 188 valence electrons. The summed E-state index contributed by atoms with van der Waals surface area (Å²) < 4.78 is 10.8. The Kier molecular flexibility index (Phi) is 6.72. The van der Waals surface area contributed by atoms with Crippen LogP contribution in [0.3, 0.4) is 0 Å². The molecule has 8 nitrogen and oxygen atoms in total. The van der Waals surface area contributed by atoms with Crippen molar-refractivity contribution in [3.63, 3.8) is 0 Å². The van der Waals surface area contributed by atoms with Gasteiger partial charge in [0.05, 0.1) is 23.1 Å². The van der Waals surface area contributed by atoms with Crippen LogP contribution in [0.2, 0.25) is 0 Å². The van der Waals surface area contributed by atoms with Crippen molar-refractivity contribution in [2.75, 3.05) is 11.9 Å². The quantitative estimate of drug-likeness (QED) is 0.136. The van der Waals surface area contributed by atoms with Gasteiger partial charge in [-0.15, -0.1) is 0 Å². The van der Waals surface area contributed by atoms with E-state index in [2.05, 4.69) is 17.5 Å². The summed E-state index contributed by atoms with van der Waals surface area (Å²) in [5, 5.41) is 14.8. The second-order valence-corrected chi connectivity index (χ2v) is 9.15. The van der Waals surface area contributed by atoms with Crippen molar-refractivity contribution in [2.24, 2.45) is 5.92 Å². The number of carbonyl (C=O) groups is 2. The molecular weight excluding hydrogens is 472 g/mol. The van der Waals surface area contributed by atoms with Crippen LogP contribution in [-0.2, 0) is 4.74 Å². The SMILES string of the molecule is CCCOC(=O)c1ccccc1OC(=O)c1ccc2c(c1)[C@@H]1C=CC[C@H]1[C@@H](c1cccc([N+](=O)[O-])c1)N2. The number of para-hydroxylation sites is 1. The number of carbonyl (C=O) groups excluding carboxylic acids is 2. The average Bonchev–Trinajstić information content (AvgIpc) is 3.42. The number of hydrogen-bond donors (Lipinski definition) is 1. The molecule has 3 atom stereocenters. The summed E-state index contributed by atoms with van der Waals surface area (Å²) in [6, 6.07) is 18.5. The summed E-state index contributed by atoms with van der Waals surface area (Å²) in [4.78, 5) is 36.4. The van der Waals surface area contributed by atoms with Gasteiger partial charge in [-0.25, -0.2) is 9.59 Å². The standard InChI is InChI=1S/C29H26N2O6/c1-2-15-36-29(33)23-9-3-4-12-26(23)37-28(32)19-13-14-25-24(17-19)21-10-6-11-22(21)27(30-25)18-7-5-8-20(16-18)31(34)35/h3-10,12-14,16-17,21-22,27,30H,2,11,15H2,1H3/t21-,22-,27-/m1/s1. The highest BCUT2D eigenvalue weighted by Crippen LogP contribution is 2.50. The molecule has 3 aromatic rings. The number of nitro groups is 1. The fourth-order valence-electron chi connectivity index (χ4n) is 5.04. The van der Waals surface area contributed by atoms with Gasteiger partial charge in [0.15, 0.2) is 0 Å². The summed E-state index contributed by atoms with van der Waals surface area (Å²) in [7, 11) is 0. The predicted octanol–water partition coefficient (Wildman–Crippen LogP) is 6.21. The number of nitrogens with zero attached hydrogens (tertiary/aromatic N) is 1. The first-order chi connectivity index (χ1) is 18.0. The Hall–Kier alpha value is -4.46. The van der Waals surface area contributed by atoms with Crippen molar-refractivity contribution in [1.29, 1.82) is 0 Å². The highest BCUT2D eigenvalue weighted by atomic mass is 16.6. The third kappa shape index (κ3) is 4.82. The smallest absolute Gasteiger partial charge is 0.343 e. The van der Waals surface area contributed by atoms with E-state index < -0.39 is 11.9 Å². The Labute approximate surface area is 214 Å². The minimum Gasteiger partial charge on any atom is -0.462 e. The summed E-state index contributed by atoms with van der Waals surface area (Å²) in [5.41, 5.74) is 3.31. The first kappa shape index (κ1) is 24.2. The van der Waals surface area contributed by atoms with Crippen LogP contribution in [0.5, 0.6) is 5.75 Å². The van der Waals surface area contributed by atoms with E-state index in [4.69, 9.17) is 9.47 Å². The largest absolute Gasteiger partial charge is 0.462 e. The van der Waals surface area contributed by atoms with Crippen LogP contribution in [0.1, 0.15) is 63.6 Å². The molecule has 1 aliphatic heterocycles. The van der Waals surface area contributed by atoms with Gasteiger partial charge in [-0.1, -0.05) is 43.3 Å². The zero-order valence-corrected chi connectivity index (χ0v) is 20.3. The molecule has 37 heavy (non-hydrogen) atoms. The number of nitro benzene ring substituents is 1. The molecule has 0 saturated heterocycles. The molecule has 5 rings (SSSR count). The second-order valence-electron chi connectivity index (χ2n) is 9.15. The summed E-state index contributed by atoms with van der Waals surface area (Å²) in [5.74, 6) is -0.767. The number of benzene rings is 3. The highest BCUT2D eigenvalue weighted by Gasteiger charge is 2.38. The Bertz CT molecular complexity index is 1400. The van der Waals surface area contributed by atoms with Gasteiger partial charge >= 0.3 is 11.9 Å². The normalized spacial score (nSPS) is 19.3. The number of nitrogens with one attached hydrogen (secondary N) is 1. The maximum Gasteiger partial charge on any atom is 0.343 e. The molecule has 0 amide bonds. The number of ether oxygens (including phenoxy) is 2. The van der Waals surface area contributed by atoms with Crippen molar-refractivity contribution in [1.82, 2.24) is 0 Å². The van der Waals surface area contributed by atoms with Crippen molar-refractivity contribution >= 4 is 23.3 Å². The molecule has 0 fully saturated rings. The van der Waals surface area contributed by atoms with E-state index in [1.54, 1.807) is 42.5 Å². The minimum absolute atomic E-state index is 0.0459. The minimum atomic E-state index is -0.571. The van der Waals surface area contributed by atoms with E-state index in [0.717, 1.165) is 23.2 Å². The number of esters is 2. The average molecular weight is 499 g/mol. The molecule has 8 heteroatoms. The monoisotopic (exact) mass is 498 g/mol. The Morgan fingerprint density at radius 3 is 2.70 bits per heavy atom. The van der Waals surface area contributed by atoms with Crippen LogP contribution in [0, 0.1) is 16.0 Å². The topological polar surface area (TPSA) is 108 Å². The van der Waals surface area contributed by atoms with Crippen molar-refractivity contribution in [2.45, 2.75) is 31.7 Å². The third-order valence-corrected chi connectivity index (χ3v) is 6.79. The molecule has 0 aromatic heterocycles. The van der Waals surface area contributed by atoms with Crippen LogP contribution in [0.4, 0.5) is 11.4 Å². The van der Waals surface area contributed by atoms with E-state index in [-0.39, 0.29) is 46.4 Å². The summed E-state index contributed by atoms with van der Waals surface area (Å²) in [6.07, 6.45) is 5.74. The van der Waals surface area contributed by atoms with Gasteiger partial charge in [0.2, 0.25) is 0 Å². The van der Waals surface area contributed by atoms with Crippen LogP contribution in [0.15, 0.2) is 78.9 Å². The molecule has 0 saturated carbocycles. The van der Waals surface area contributed by atoms with Crippen molar-refractivity contribution in [3.8, 4) is 5.75 Å². The number of hydrogen-bond acceptors (Lipinski definition) is 7. The van der Waals surface area contributed by atoms with Crippen LogP contribution in [-0.4, -0.2) is 23.5 Å². The van der Waals surface area contributed by atoms with Gasteiger partial charge in [0.1, 0.15) is 11.3 Å². The van der Waals surface area contributed by atoms with Gasteiger partial charge in [-0.05, 0) is 60.2 Å². The number of fused-ring (bicyclic) bond motifs is 3. The zero-order valence-electron chi connectivity index (χ0n) is 20.3. The Balaban J connectivity index is 1.40. The van der Waals surface area contributed by atoms with E-state index >= 15 is 0 Å². The lowest BCUT2D eigenvalue weighted by molar-refractivity contribution is -0.384. The lowest BCUT2D eigenvalue weighted by Crippen LogP contribution is -2.29. The highest BCUT2D eigenvalue weighted by molar-refractivity contribution is 5.96. The van der Waals surface area contributed by atoms with E-state index in [0.29, 0.717) is 12.0 Å². The fraction of sp³-hybridized carbons (Fsp3) is 0.241. The van der Waals surface area contributed by atoms with Crippen molar-refractivity contribution < 1.29 is 24.0 Å². The molecule has 3 aromatic carbocycles. The van der Waals surface area contributed by atoms with Crippen LogP contribution < -0.4 is 10.1 Å². The van der Waals surface area contributed by atoms with E-state index in [1.807, 2.05) is 25.1 Å². The molecule has 2 aliphatic rings. The van der Waals surface area contributed by atoms with E-state index in [1.165, 1.54) is 6.07 Å². The Morgan fingerprint density at radius 2 is 1.89 bits per heavy atom. The second kappa shape index (κ2) is 10.3. The maximum absolute atomic E-state index is 13.1. The van der Waals surface area contributed by atoms with Crippen molar-refractivity contribution in [3.05, 3.63) is 111 Å². The molecule has 1 N–H and O–H groups in total. The third-order valence-electron chi connectivity index (χ3n) is 6.79. The Morgan fingerprint density at radius 1 is 1.05 bits per heavy atom. The summed E-state index contributed by atoms with van der Waals surface area (Å²) >= 11 is 0. The number of rotatable bonds is 7. The van der Waals surface area contributed by atoms with Gasteiger partial charge in [-0.2, -0.15) is 0 Å². The number of allylic oxidation sites excluding steroid dienone is 2. The van der Waals surface area contributed by atoms with Gasteiger partial charge in [-0.3, -0.25) is 10.1 Å². The molecule has 0 unspecified atom stereocenters. The lowest BCUT2D eigenvalue weighted by atomic mass is 9.76. The molecule has 1 heterocycles. The molecule has 0 spiro atoms. The molecular formula is C29H26N2O6. The molecule has 1 aliphatic carbocycles. The zero-order chi connectivity index (χ0) is 25.9. The lowest BCUT2D eigenvalue weighted by Gasteiger charge is -2.37. The fourth-order valence-corrected chi connectivity index (χ4v) is 5.04. The van der Waals surface area contributed by atoms with Gasteiger partial charge in [0.25, 0.3) is 5.69 Å². The van der Waals surface area contributed by atoms with Crippen LogP contribution >= 0.6 is 0 Å². The molecule has 0 bridgehead atoms. The first-order valence-corrected chi connectivity index (χ1v) is 12.3. The van der Waals surface area contributed by atoms with Gasteiger partial charge in [0, 0.05) is 23.7 Å². The van der Waals surface area contributed by atoms with Crippen LogP contribution in [0.25, 0.3) is 0 Å². The number of anilines is 1. The molecule has 0 radical (unpaired) electrons. The van der Waals surface area contributed by atoms with Gasteiger partial charge < -0.3 is 14.8 Å².